The van der Waals surface area contributed by atoms with E-state index in [-0.39, 0.29) is 12.2 Å². The van der Waals surface area contributed by atoms with E-state index < -0.39 is 29.3 Å². The molecule has 14 heteroatoms. The number of benzene rings is 2. The number of alkyl halides is 3. The molecule has 3 heterocycles. The molecule has 1 aliphatic rings. The third-order valence-corrected chi connectivity index (χ3v) is 7.16. The topological polar surface area (TPSA) is 128 Å². The Labute approximate surface area is 238 Å². The Morgan fingerprint density at radius 3 is 2.48 bits per heavy atom. The summed E-state index contributed by atoms with van der Waals surface area (Å²) in [6, 6.07) is 9.66. The molecule has 0 spiro atoms. The van der Waals surface area contributed by atoms with Crippen LogP contribution in [0.3, 0.4) is 0 Å². The minimum atomic E-state index is -4.69. The van der Waals surface area contributed by atoms with Crippen molar-refractivity contribution in [3.8, 4) is 17.2 Å². The first kappa shape index (κ1) is 28.8. The second-order valence-electron chi connectivity index (χ2n) is 9.97. The zero-order valence-corrected chi connectivity index (χ0v) is 22.5. The lowest BCUT2D eigenvalue weighted by molar-refractivity contribution is -0.137. The molecule has 0 saturated carbocycles. The summed E-state index contributed by atoms with van der Waals surface area (Å²) < 4.78 is 54.8. The molecule has 1 saturated heterocycles. The summed E-state index contributed by atoms with van der Waals surface area (Å²) in [5.41, 5.74) is 8.46. The van der Waals surface area contributed by atoms with Crippen molar-refractivity contribution in [2.45, 2.75) is 19.1 Å². The minimum absolute atomic E-state index is 0.103. The molecule has 0 radical (unpaired) electrons. The van der Waals surface area contributed by atoms with Gasteiger partial charge >= 0.3 is 12.2 Å². The zero-order chi connectivity index (χ0) is 30.0. The second-order valence-corrected chi connectivity index (χ2v) is 9.97. The molecule has 2 aromatic carbocycles. The highest BCUT2D eigenvalue weighted by molar-refractivity contribution is 6.00. The van der Waals surface area contributed by atoms with E-state index >= 15 is 0 Å². The summed E-state index contributed by atoms with van der Waals surface area (Å²) in [6.07, 6.45) is -3.22. The van der Waals surface area contributed by atoms with Crippen molar-refractivity contribution in [3.63, 3.8) is 0 Å². The highest BCUT2D eigenvalue weighted by atomic mass is 19.4. The summed E-state index contributed by atoms with van der Waals surface area (Å²) in [5.74, 6) is -0.764. The van der Waals surface area contributed by atoms with E-state index in [1.54, 1.807) is 28.8 Å². The third-order valence-electron chi connectivity index (χ3n) is 7.16. The number of nitrogens with zero attached hydrogens (tertiary/aromatic N) is 6. The van der Waals surface area contributed by atoms with Crippen LogP contribution in [0.15, 0.2) is 48.8 Å². The Morgan fingerprint density at radius 1 is 1.10 bits per heavy atom. The van der Waals surface area contributed by atoms with Crippen LogP contribution in [-0.2, 0) is 19.1 Å². The molecule has 1 fully saturated rings. The number of amides is 2. The van der Waals surface area contributed by atoms with Gasteiger partial charge in [0.1, 0.15) is 17.7 Å². The number of likely N-dealkylation sites (N-methyl/N-ethyl adjacent to an activating group) is 1. The van der Waals surface area contributed by atoms with E-state index in [4.69, 9.17) is 5.73 Å². The molecule has 0 unspecified atom stereocenters. The number of nitriles is 1. The Balaban J connectivity index is 1.42. The van der Waals surface area contributed by atoms with Gasteiger partial charge in [0.05, 0.1) is 29.4 Å². The smallest absolute Gasteiger partial charge is 0.382 e. The van der Waals surface area contributed by atoms with Gasteiger partial charge in [-0.05, 0) is 48.5 Å². The quantitative estimate of drug-likeness (QED) is 0.284. The summed E-state index contributed by atoms with van der Waals surface area (Å²) >= 11 is 0. The van der Waals surface area contributed by atoms with Gasteiger partial charge in [-0.25, -0.2) is 18.7 Å². The van der Waals surface area contributed by atoms with E-state index in [1.807, 2.05) is 0 Å². The lowest BCUT2D eigenvalue weighted by atomic mass is 9.98. The predicted octanol–water partition coefficient (Wildman–Crippen LogP) is 4.59. The lowest BCUT2D eigenvalue weighted by Gasteiger charge is -2.32. The van der Waals surface area contributed by atoms with E-state index in [0.717, 1.165) is 37.4 Å². The summed E-state index contributed by atoms with van der Waals surface area (Å²) in [7, 11) is 2.07. The first-order valence-electron chi connectivity index (χ1n) is 13.0. The Morgan fingerprint density at radius 2 is 1.81 bits per heavy atom. The van der Waals surface area contributed by atoms with Gasteiger partial charge < -0.3 is 21.3 Å². The Kier molecular flexibility index (Phi) is 7.97. The van der Waals surface area contributed by atoms with Crippen LogP contribution in [0.5, 0.6) is 0 Å². The van der Waals surface area contributed by atoms with Crippen molar-refractivity contribution in [2.75, 3.05) is 49.6 Å². The number of carbonyl (C=O) groups excluding carboxylic acids is 1. The fourth-order valence-corrected chi connectivity index (χ4v) is 4.98. The summed E-state index contributed by atoms with van der Waals surface area (Å²) in [4.78, 5) is 21.2. The highest BCUT2D eigenvalue weighted by Gasteiger charge is 2.31. The van der Waals surface area contributed by atoms with Gasteiger partial charge in [0.25, 0.3) is 0 Å². The molecule has 2 aromatic heterocycles. The lowest BCUT2D eigenvalue weighted by Crippen LogP contribution is -2.44. The van der Waals surface area contributed by atoms with Crippen LogP contribution in [-0.4, -0.2) is 63.7 Å². The standard InChI is InChI=1S/C28H27F4N9O/c1-39-10-12-40(13-11-39)15-23-20(8-9-33)24(25-26(34)35-16-36-41(23)25)17-2-5-19(6-3-17)37-27(42)38-22-14-18(28(30,31)32)4-7-21(22)29/h2-7,14,16H,8,10-13,15H2,1H3,(H2,34,35,36)(H2,37,38,42). The van der Waals surface area contributed by atoms with E-state index in [1.165, 1.54) is 6.33 Å². The number of fused-ring (bicyclic) bond motifs is 1. The second kappa shape index (κ2) is 11.6. The Hall–Kier alpha value is -4.74. The van der Waals surface area contributed by atoms with E-state index in [0.29, 0.717) is 47.1 Å². The van der Waals surface area contributed by atoms with Gasteiger partial charge in [-0.2, -0.15) is 23.5 Å². The fourth-order valence-electron chi connectivity index (χ4n) is 4.98. The molecule has 4 aromatic rings. The van der Waals surface area contributed by atoms with Gasteiger partial charge in [-0.1, -0.05) is 12.1 Å². The van der Waals surface area contributed by atoms with Gasteiger partial charge in [-0.15, -0.1) is 0 Å². The van der Waals surface area contributed by atoms with Crippen molar-refractivity contribution in [2.24, 2.45) is 0 Å². The molecule has 2 amide bonds. The number of aromatic nitrogens is 3. The number of nitrogens with two attached hydrogens (primary N) is 1. The molecule has 0 atom stereocenters. The van der Waals surface area contributed by atoms with Gasteiger partial charge in [0, 0.05) is 44.0 Å². The SMILES string of the molecule is CN1CCN(Cc2c(CC#N)c(-c3ccc(NC(=O)Nc4cc(C(F)(F)F)ccc4F)cc3)c3c(N)ncnn23)CC1. The summed E-state index contributed by atoms with van der Waals surface area (Å²) in [5, 5.41) is 18.8. The van der Waals surface area contributed by atoms with Crippen LogP contribution in [0.1, 0.15) is 16.8 Å². The van der Waals surface area contributed by atoms with Crippen molar-refractivity contribution < 1.29 is 22.4 Å². The number of anilines is 3. The van der Waals surface area contributed by atoms with Crippen molar-refractivity contribution >= 4 is 28.7 Å². The molecule has 4 N–H and O–H groups in total. The van der Waals surface area contributed by atoms with Crippen LogP contribution in [0.2, 0.25) is 0 Å². The molecular formula is C28H27F4N9O. The van der Waals surface area contributed by atoms with Gasteiger partial charge in [-0.3, -0.25) is 4.90 Å². The van der Waals surface area contributed by atoms with Crippen molar-refractivity contribution in [1.82, 2.24) is 24.4 Å². The number of carbonyl (C=O) groups is 1. The maximum absolute atomic E-state index is 14.1. The number of piperazine rings is 1. The maximum Gasteiger partial charge on any atom is 0.416 e. The molecule has 0 aliphatic carbocycles. The molecule has 1 aliphatic heterocycles. The molecule has 218 valence electrons. The largest absolute Gasteiger partial charge is 0.416 e. The fraction of sp³-hybridized carbons (Fsp3) is 0.286. The highest BCUT2D eigenvalue weighted by Crippen LogP contribution is 2.37. The van der Waals surface area contributed by atoms with Crippen LogP contribution in [0.4, 0.5) is 39.5 Å². The van der Waals surface area contributed by atoms with Crippen LogP contribution < -0.4 is 16.4 Å². The monoisotopic (exact) mass is 581 g/mol. The number of rotatable bonds is 6. The number of nitrogen functional groups attached to an aromatic ring is 1. The Bertz CT molecular complexity index is 1650. The number of halogens is 4. The van der Waals surface area contributed by atoms with Crippen molar-refractivity contribution in [1.29, 1.82) is 5.26 Å². The first-order valence-corrected chi connectivity index (χ1v) is 13.0. The minimum Gasteiger partial charge on any atom is -0.382 e. The maximum atomic E-state index is 14.1. The third kappa shape index (κ3) is 5.97. The molecule has 0 bridgehead atoms. The average Bonchev–Trinajstić information content (AvgIpc) is 3.25. The molecular weight excluding hydrogens is 554 g/mol. The zero-order valence-electron chi connectivity index (χ0n) is 22.5. The van der Waals surface area contributed by atoms with Crippen LogP contribution in [0, 0.1) is 17.1 Å². The van der Waals surface area contributed by atoms with Gasteiger partial charge in [0.15, 0.2) is 5.82 Å². The van der Waals surface area contributed by atoms with Crippen LogP contribution >= 0.6 is 0 Å². The first-order chi connectivity index (χ1) is 20.0. The molecule has 42 heavy (non-hydrogen) atoms. The number of hydrogen-bond donors (Lipinski definition) is 3. The van der Waals surface area contributed by atoms with E-state index in [2.05, 4.69) is 43.6 Å². The van der Waals surface area contributed by atoms with Crippen LogP contribution in [0.25, 0.3) is 16.6 Å². The summed E-state index contributed by atoms with van der Waals surface area (Å²) in [6.45, 7) is 4.12. The normalized spacial score (nSPS) is 14.6. The number of hydrogen-bond acceptors (Lipinski definition) is 7. The average molecular weight is 582 g/mol. The molecule has 10 nitrogen and oxygen atoms in total. The number of urea groups is 1. The van der Waals surface area contributed by atoms with Crippen molar-refractivity contribution in [3.05, 3.63) is 71.4 Å². The number of nitrogens with one attached hydrogen (secondary N) is 2. The predicted molar refractivity (Wildman–Crippen MR) is 149 cm³/mol. The molecule has 5 rings (SSSR count). The van der Waals surface area contributed by atoms with Gasteiger partial charge in [0.2, 0.25) is 0 Å². The van der Waals surface area contributed by atoms with E-state index in [9.17, 15) is 27.6 Å².